The van der Waals surface area contributed by atoms with Crippen molar-refractivity contribution >= 4 is 0 Å². The number of hydrogen-bond acceptors (Lipinski definition) is 0. The first kappa shape index (κ1) is 23.7. The summed E-state index contributed by atoms with van der Waals surface area (Å²) in [6, 6.07) is 21.0. The molecule has 0 aliphatic carbocycles. The van der Waals surface area contributed by atoms with Crippen LogP contribution in [0.15, 0.2) is 60.7 Å². The average Bonchev–Trinajstić information content (AvgIpc) is 3.20. The molecule has 1 nitrogen and oxygen atoms in total. The molecule has 1 radical (unpaired) electrons. The van der Waals surface area contributed by atoms with Crippen LogP contribution in [0.2, 0.25) is 0 Å². The molecule has 0 bridgehead atoms. The van der Waals surface area contributed by atoms with Crippen LogP contribution < -0.4 is 0 Å². The Bertz CT molecular complexity index is 538. The second-order valence-corrected chi connectivity index (χ2v) is 3.62. The zero-order valence-electron chi connectivity index (χ0n) is 11.7. The molecule has 121 valence electrons. The van der Waals surface area contributed by atoms with Gasteiger partial charge < -0.3 is 5.48 Å². The van der Waals surface area contributed by atoms with Gasteiger partial charge >= 0.3 is 26.2 Å². The minimum atomic E-state index is -2.17. The van der Waals surface area contributed by atoms with Crippen molar-refractivity contribution in [3.05, 3.63) is 95.8 Å². The summed E-state index contributed by atoms with van der Waals surface area (Å²) in [7, 11) is 0. The molecule has 0 saturated heterocycles. The standard InChI is InChI=1S/C6F5.2C5H5.H2O.Zr/c7-2-1-3(8)5(10)6(11)4(2)9;2*1-2-4-5-3-1;;/h;2*1-5H;1H2;/q3*-1;;+3. The summed E-state index contributed by atoms with van der Waals surface area (Å²) < 4.78 is 59.9. The molecule has 0 unspecified atom stereocenters. The Kier molecular flexibility index (Phi) is 13.3. The quantitative estimate of drug-likeness (QED) is 0.232. The topological polar surface area (TPSA) is 31.5 Å². The Labute approximate surface area is 149 Å². The van der Waals surface area contributed by atoms with E-state index in [1.165, 1.54) is 0 Å². The molecule has 0 atom stereocenters. The van der Waals surface area contributed by atoms with E-state index >= 15 is 0 Å². The molecule has 0 amide bonds. The molecule has 3 rings (SSSR count). The van der Waals surface area contributed by atoms with Crippen molar-refractivity contribution in [1.82, 2.24) is 0 Å². The fourth-order valence-corrected chi connectivity index (χ4v) is 1.14. The van der Waals surface area contributed by atoms with Crippen LogP contribution in [-0.4, -0.2) is 5.48 Å². The normalized spacial score (nSPS) is 8.39. The summed E-state index contributed by atoms with van der Waals surface area (Å²) >= 11 is 0. The van der Waals surface area contributed by atoms with Crippen molar-refractivity contribution in [3.8, 4) is 0 Å². The Morgan fingerprint density at radius 2 is 0.913 bits per heavy atom. The minimum absolute atomic E-state index is 0. The van der Waals surface area contributed by atoms with Crippen molar-refractivity contribution in [3.63, 3.8) is 0 Å². The molecule has 0 spiro atoms. The third kappa shape index (κ3) is 8.57. The molecule has 0 aliphatic rings. The van der Waals surface area contributed by atoms with Crippen LogP contribution in [0.4, 0.5) is 22.0 Å². The molecule has 0 aliphatic heterocycles. The summed E-state index contributed by atoms with van der Waals surface area (Å²) in [5.74, 6) is -10.0. The Morgan fingerprint density at radius 3 is 1.13 bits per heavy atom. The SMILES string of the molecule is Fc1[c-]c(F)c(F)c(F)c1F.O.[Zr+3].c1cc[cH-]c1.c1cc[cH-]c1. The summed E-state index contributed by atoms with van der Waals surface area (Å²) in [4.78, 5) is 0. The van der Waals surface area contributed by atoms with Crippen molar-refractivity contribution in [2.24, 2.45) is 0 Å². The van der Waals surface area contributed by atoms with Gasteiger partial charge in [-0.25, -0.2) is 37.4 Å². The van der Waals surface area contributed by atoms with Gasteiger partial charge in [-0.1, -0.05) is 0 Å². The molecule has 2 N–H and O–H groups in total. The van der Waals surface area contributed by atoms with Crippen molar-refractivity contribution < 1.29 is 53.6 Å². The van der Waals surface area contributed by atoms with Crippen LogP contribution in [0.5, 0.6) is 0 Å². The van der Waals surface area contributed by atoms with Crippen molar-refractivity contribution in [1.29, 1.82) is 0 Å². The molecule has 7 heteroatoms. The number of rotatable bonds is 0. The van der Waals surface area contributed by atoms with Crippen LogP contribution in [0.25, 0.3) is 0 Å². The molecular formula is C16H12F5OZr. The maximum Gasteiger partial charge on any atom is 3.00 e. The van der Waals surface area contributed by atoms with Crippen molar-refractivity contribution in [2.45, 2.75) is 0 Å². The van der Waals surface area contributed by atoms with E-state index in [1.807, 2.05) is 60.7 Å². The number of halogens is 5. The van der Waals surface area contributed by atoms with Crippen LogP contribution in [0, 0.1) is 35.2 Å². The molecule has 3 aromatic carbocycles. The molecule has 0 heterocycles. The van der Waals surface area contributed by atoms with Crippen LogP contribution in [0.3, 0.4) is 0 Å². The van der Waals surface area contributed by atoms with Gasteiger partial charge in [0.25, 0.3) is 0 Å². The zero-order valence-corrected chi connectivity index (χ0v) is 14.1. The summed E-state index contributed by atoms with van der Waals surface area (Å²) in [6.07, 6.45) is 0. The van der Waals surface area contributed by atoms with Gasteiger partial charge in [0.15, 0.2) is 0 Å². The summed E-state index contributed by atoms with van der Waals surface area (Å²) in [6.45, 7) is 0. The maximum absolute atomic E-state index is 12.0. The van der Waals surface area contributed by atoms with E-state index in [9.17, 15) is 22.0 Å². The third-order valence-electron chi connectivity index (χ3n) is 2.10. The predicted octanol–water partition coefficient (Wildman–Crippen LogP) is 4.17. The molecule has 0 aromatic heterocycles. The van der Waals surface area contributed by atoms with E-state index in [-0.39, 0.29) is 31.7 Å². The molecule has 0 fully saturated rings. The third-order valence-corrected chi connectivity index (χ3v) is 2.10. The molecule has 0 saturated carbocycles. The van der Waals surface area contributed by atoms with E-state index in [0.717, 1.165) is 6.07 Å². The molecular weight excluding hydrogens is 394 g/mol. The van der Waals surface area contributed by atoms with Gasteiger partial charge in [0.05, 0.1) is 29.1 Å². The largest absolute Gasteiger partial charge is 3.00 e. The van der Waals surface area contributed by atoms with Gasteiger partial charge in [-0.15, -0.1) is 6.07 Å². The van der Waals surface area contributed by atoms with Crippen LogP contribution in [0.1, 0.15) is 0 Å². The second kappa shape index (κ2) is 12.9. The Balaban J connectivity index is 0. The monoisotopic (exact) mass is 405 g/mol. The summed E-state index contributed by atoms with van der Waals surface area (Å²) in [5, 5.41) is 0. The van der Waals surface area contributed by atoms with Crippen LogP contribution >= 0.6 is 0 Å². The molecule has 23 heavy (non-hydrogen) atoms. The number of hydrogen-bond donors (Lipinski definition) is 0. The second-order valence-electron chi connectivity index (χ2n) is 3.62. The van der Waals surface area contributed by atoms with Crippen LogP contribution in [-0.2, 0) is 26.2 Å². The van der Waals surface area contributed by atoms with Gasteiger partial charge in [0.1, 0.15) is 0 Å². The van der Waals surface area contributed by atoms with Gasteiger partial charge in [-0.05, 0) is 0 Å². The minimum Gasteiger partial charge on any atom is -0.412 e. The van der Waals surface area contributed by atoms with E-state index < -0.39 is 29.1 Å². The van der Waals surface area contributed by atoms with E-state index in [0.29, 0.717) is 0 Å². The van der Waals surface area contributed by atoms with E-state index in [1.54, 1.807) is 0 Å². The smallest absolute Gasteiger partial charge is 0.412 e. The zero-order chi connectivity index (χ0) is 15.7. The first-order valence-corrected chi connectivity index (χ1v) is 5.78. The average molecular weight is 406 g/mol. The fourth-order valence-electron chi connectivity index (χ4n) is 1.14. The van der Waals surface area contributed by atoms with E-state index in [2.05, 4.69) is 0 Å². The van der Waals surface area contributed by atoms with Crippen molar-refractivity contribution in [2.75, 3.05) is 0 Å². The molecule has 3 aromatic rings. The number of benzene rings is 1. The van der Waals surface area contributed by atoms with Gasteiger partial charge in [0.2, 0.25) is 0 Å². The van der Waals surface area contributed by atoms with Gasteiger partial charge in [0, 0.05) is 0 Å². The summed E-state index contributed by atoms with van der Waals surface area (Å²) in [5.41, 5.74) is 0. The Hall–Kier alpha value is -1.59. The van der Waals surface area contributed by atoms with Gasteiger partial charge in [-0.2, -0.15) is 36.4 Å². The maximum atomic E-state index is 12.0. The first-order valence-electron chi connectivity index (χ1n) is 5.78. The van der Waals surface area contributed by atoms with Gasteiger partial charge in [-0.3, -0.25) is 8.78 Å². The van der Waals surface area contributed by atoms with E-state index in [4.69, 9.17) is 0 Å². The fraction of sp³-hybridized carbons (Fsp3) is 0. The Morgan fingerprint density at radius 1 is 0.609 bits per heavy atom. The first-order chi connectivity index (χ1) is 10.0. The predicted molar refractivity (Wildman–Crippen MR) is 72.8 cm³/mol.